The Balaban J connectivity index is 1.39. The number of nitrogens with zero attached hydrogens (tertiary/aromatic N) is 2. The number of allylic oxidation sites excluding steroid dienone is 2. The molecule has 2 aromatic rings. The summed E-state index contributed by atoms with van der Waals surface area (Å²) in [7, 11) is 0. The molecule has 3 fully saturated rings. The number of unbranched alkanes of at least 4 members (excludes halogenated alkanes) is 2. The first-order chi connectivity index (χ1) is 20.6. The molecule has 4 amide bonds. The third-order valence-corrected chi connectivity index (χ3v) is 9.98. The number of carboxylic acids is 1. The van der Waals surface area contributed by atoms with Crippen LogP contribution >= 0.6 is 0 Å². The number of likely N-dealkylation sites (tertiary alicyclic amines) is 1. The number of carbonyl (C=O) groups excluding carboxylic acids is 4. The first kappa shape index (κ1) is 28.8. The molecule has 2 heterocycles. The molecule has 2 aliphatic heterocycles. The summed E-state index contributed by atoms with van der Waals surface area (Å²) in [4.78, 5) is 68.9. The van der Waals surface area contributed by atoms with Crippen LogP contribution in [0.2, 0.25) is 0 Å². The zero-order valence-corrected chi connectivity index (χ0v) is 23.7. The summed E-state index contributed by atoms with van der Waals surface area (Å²) in [6.07, 6.45) is 3.76. The lowest BCUT2D eigenvalue weighted by atomic mass is 9.51. The zero-order chi connectivity index (χ0) is 30.6. The average molecular weight is 589 g/mol. The molecule has 43 heavy (non-hydrogen) atoms. The standard InChI is InChI=1S/C33H33FN2O7/c1-33-23(30(41)36(32(33)43)18-9-4-2-5-10-18)17-22-19(27(33)21-11-8-12-24(34)28(21)39)14-15-20-26(22)31(42)35(29(20)40)16-7-3-6-13-25(37)38/h2,4-5,8-12,14,20,22-23,26-27,39H,3,6-7,13,15-17H2,1H3,(H,37,38). The van der Waals surface area contributed by atoms with Crippen LogP contribution in [0.4, 0.5) is 10.1 Å². The monoisotopic (exact) mass is 588 g/mol. The Labute approximate surface area is 248 Å². The van der Waals surface area contributed by atoms with Gasteiger partial charge < -0.3 is 10.2 Å². The molecule has 9 nitrogen and oxygen atoms in total. The van der Waals surface area contributed by atoms with E-state index in [2.05, 4.69) is 0 Å². The number of amides is 4. The molecule has 0 spiro atoms. The highest BCUT2D eigenvalue weighted by Gasteiger charge is 2.67. The number of imide groups is 2. The molecular formula is C33H33FN2O7. The highest BCUT2D eigenvalue weighted by molar-refractivity contribution is 6.24. The van der Waals surface area contributed by atoms with Crippen molar-refractivity contribution in [1.82, 2.24) is 4.90 Å². The minimum absolute atomic E-state index is 0.0176. The lowest BCUT2D eigenvalue weighted by Crippen LogP contribution is -2.49. The summed E-state index contributed by atoms with van der Waals surface area (Å²) in [5.41, 5.74) is -0.124. The number of hydrogen-bond donors (Lipinski definition) is 2. The average Bonchev–Trinajstić information content (AvgIpc) is 3.34. The van der Waals surface area contributed by atoms with Crippen molar-refractivity contribution in [3.8, 4) is 5.75 Å². The molecule has 0 radical (unpaired) electrons. The van der Waals surface area contributed by atoms with Gasteiger partial charge in [-0.05, 0) is 56.7 Å². The maximum Gasteiger partial charge on any atom is 0.303 e. The molecule has 10 heteroatoms. The first-order valence-corrected chi connectivity index (χ1v) is 14.7. The predicted octanol–water partition coefficient (Wildman–Crippen LogP) is 4.41. The van der Waals surface area contributed by atoms with Crippen molar-refractivity contribution in [2.45, 2.75) is 51.4 Å². The number of rotatable bonds is 8. The van der Waals surface area contributed by atoms with Crippen LogP contribution in [0.1, 0.15) is 56.9 Å². The number of aromatic hydroxyl groups is 1. The number of phenolic OH excluding ortho intramolecular Hbond substituents is 1. The molecule has 0 bridgehead atoms. The van der Waals surface area contributed by atoms with E-state index in [9.17, 15) is 33.5 Å². The van der Waals surface area contributed by atoms with Gasteiger partial charge in [0.25, 0.3) is 0 Å². The number of anilines is 1. The SMILES string of the molecule is CC12C(=O)N(c3ccccc3)C(=O)C1CC1C(=CCC3C(=O)N(CCCCCC(=O)O)C(=O)C31)C2c1cccc(F)c1O. The number of hydrogen-bond acceptors (Lipinski definition) is 6. The molecular weight excluding hydrogens is 555 g/mol. The topological polar surface area (TPSA) is 132 Å². The van der Waals surface area contributed by atoms with E-state index >= 15 is 0 Å². The van der Waals surface area contributed by atoms with Gasteiger partial charge in [-0.2, -0.15) is 0 Å². The number of aliphatic carboxylic acids is 1. The third kappa shape index (κ3) is 4.37. The summed E-state index contributed by atoms with van der Waals surface area (Å²) in [6.45, 7) is 1.87. The summed E-state index contributed by atoms with van der Waals surface area (Å²) in [5.74, 6) is -7.57. The second-order valence-electron chi connectivity index (χ2n) is 12.2. The minimum atomic E-state index is -1.37. The van der Waals surface area contributed by atoms with E-state index in [4.69, 9.17) is 5.11 Å². The van der Waals surface area contributed by atoms with Gasteiger partial charge in [0.2, 0.25) is 23.6 Å². The molecule has 6 rings (SSSR count). The Kier molecular flexibility index (Phi) is 7.18. The number of halogens is 1. The summed E-state index contributed by atoms with van der Waals surface area (Å²) in [6, 6.07) is 12.7. The van der Waals surface area contributed by atoms with Crippen molar-refractivity contribution in [2.75, 3.05) is 11.4 Å². The van der Waals surface area contributed by atoms with Crippen LogP contribution in [0.25, 0.3) is 0 Å². The Morgan fingerprint density at radius 2 is 1.70 bits per heavy atom. The van der Waals surface area contributed by atoms with Gasteiger partial charge in [0.05, 0.1) is 28.9 Å². The van der Waals surface area contributed by atoms with E-state index in [0.717, 1.165) is 11.0 Å². The number of carboxylic acid groups (broad SMARTS) is 1. The largest absolute Gasteiger partial charge is 0.505 e. The van der Waals surface area contributed by atoms with Gasteiger partial charge in [-0.1, -0.05) is 48.4 Å². The molecule has 0 aromatic heterocycles. The van der Waals surface area contributed by atoms with Crippen molar-refractivity contribution >= 4 is 35.3 Å². The summed E-state index contributed by atoms with van der Waals surface area (Å²) < 4.78 is 14.8. The van der Waals surface area contributed by atoms with E-state index in [1.165, 1.54) is 11.0 Å². The molecule has 4 aliphatic rings. The molecule has 6 unspecified atom stereocenters. The highest BCUT2D eigenvalue weighted by atomic mass is 19.1. The fourth-order valence-electron chi connectivity index (χ4n) is 7.96. The fraction of sp³-hybridized carbons (Fsp3) is 0.424. The maximum absolute atomic E-state index is 14.8. The Morgan fingerprint density at radius 1 is 0.953 bits per heavy atom. The maximum atomic E-state index is 14.8. The Hall–Kier alpha value is -4.34. The van der Waals surface area contributed by atoms with Crippen LogP contribution in [0.15, 0.2) is 60.2 Å². The number of fused-ring (bicyclic) bond motifs is 4. The van der Waals surface area contributed by atoms with Crippen molar-refractivity contribution < 1.29 is 38.6 Å². The predicted molar refractivity (Wildman–Crippen MR) is 152 cm³/mol. The van der Waals surface area contributed by atoms with E-state index < -0.39 is 64.4 Å². The highest BCUT2D eigenvalue weighted by Crippen LogP contribution is 2.64. The van der Waals surface area contributed by atoms with Crippen LogP contribution in [-0.2, 0) is 24.0 Å². The van der Waals surface area contributed by atoms with Gasteiger partial charge in [-0.25, -0.2) is 9.29 Å². The second-order valence-corrected chi connectivity index (χ2v) is 12.2. The van der Waals surface area contributed by atoms with Crippen molar-refractivity contribution in [1.29, 1.82) is 0 Å². The number of carbonyl (C=O) groups is 5. The molecule has 2 aliphatic carbocycles. The van der Waals surface area contributed by atoms with Gasteiger partial charge in [0.15, 0.2) is 11.6 Å². The fourth-order valence-corrected chi connectivity index (χ4v) is 7.96. The molecule has 224 valence electrons. The van der Waals surface area contributed by atoms with Crippen LogP contribution in [0, 0.1) is 34.9 Å². The van der Waals surface area contributed by atoms with Crippen molar-refractivity contribution in [3.05, 3.63) is 71.6 Å². The minimum Gasteiger partial charge on any atom is -0.505 e. The Bertz CT molecular complexity index is 1560. The van der Waals surface area contributed by atoms with E-state index in [1.807, 2.05) is 6.08 Å². The van der Waals surface area contributed by atoms with Gasteiger partial charge >= 0.3 is 5.97 Å². The smallest absolute Gasteiger partial charge is 0.303 e. The molecule has 2 N–H and O–H groups in total. The molecule has 6 atom stereocenters. The van der Waals surface area contributed by atoms with Gasteiger partial charge in [0.1, 0.15) is 0 Å². The molecule has 2 saturated heterocycles. The molecule has 1 saturated carbocycles. The lowest BCUT2D eigenvalue weighted by molar-refractivity contribution is -0.141. The van der Waals surface area contributed by atoms with Crippen LogP contribution in [0.5, 0.6) is 5.75 Å². The Morgan fingerprint density at radius 3 is 2.42 bits per heavy atom. The van der Waals surface area contributed by atoms with Crippen LogP contribution < -0.4 is 4.90 Å². The quantitative estimate of drug-likeness (QED) is 0.265. The van der Waals surface area contributed by atoms with Gasteiger partial charge in [-0.15, -0.1) is 0 Å². The second kappa shape index (κ2) is 10.7. The summed E-state index contributed by atoms with van der Waals surface area (Å²) in [5, 5.41) is 19.8. The van der Waals surface area contributed by atoms with Gasteiger partial charge in [-0.3, -0.25) is 28.9 Å². The number of para-hydroxylation sites is 2. The number of benzene rings is 2. The normalized spacial score (nSPS) is 29.8. The van der Waals surface area contributed by atoms with Gasteiger partial charge in [0, 0.05) is 24.4 Å². The molecule has 2 aromatic carbocycles. The lowest BCUT2D eigenvalue weighted by Gasteiger charge is -2.49. The van der Waals surface area contributed by atoms with Crippen molar-refractivity contribution in [2.24, 2.45) is 29.1 Å². The van der Waals surface area contributed by atoms with E-state index in [0.29, 0.717) is 30.5 Å². The summed E-state index contributed by atoms with van der Waals surface area (Å²) >= 11 is 0. The van der Waals surface area contributed by atoms with Crippen LogP contribution in [0.3, 0.4) is 0 Å². The van der Waals surface area contributed by atoms with Crippen molar-refractivity contribution in [3.63, 3.8) is 0 Å². The zero-order valence-electron chi connectivity index (χ0n) is 23.7. The third-order valence-electron chi connectivity index (χ3n) is 9.98. The van der Waals surface area contributed by atoms with E-state index in [1.54, 1.807) is 43.3 Å². The first-order valence-electron chi connectivity index (χ1n) is 14.7. The van der Waals surface area contributed by atoms with Crippen LogP contribution in [-0.4, -0.2) is 51.3 Å². The number of phenols is 1. The van der Waals surface area contributed by atoms with E-state index in [-0.39, 0.29) is 43.2 Å².